The summed E-state index contributed by atoms with van der Waals surface area (Å²) in [5.74, 6) is -0.275. The average Bonchev–Trinajstić information content (AvgIpc) is 2.94. The standard InChI is InChI=1S/C13H13ClN6O2/c1-22-19-10(6-15)12(21)18-13-16-4-5-20(13)8-9-2-3-11(14)17-7-9/h2-3,7H,4-5,8H2,1H3,(H,16,18,21)/b19-10+. The monoisotopic (exact) mass is 320 g/mol. The van der Waals surface area contributed by atoms with Crippen molar-refractivity contribution in [1.82, 2.24) is 15.2 Å². The van der Waals surface area contributed by atoms with E-state index in [9.17, 15) is 4.79 Å². The number of nitrogens with one attached hydrogen (secondary N) is 1. The molecule has 0 aromatic carbocycles. The number of hydrogen-bond donors (Lipinski definition) is 1. The third-order valence-corrected chi connectivity index (χ3v) is 3.05. The van der Waals surface area contributed by atoms with E-state index in [0.29, 0.717) is 30.7 Å². The number of aliphatic imine (C=N–C) groups is 1. The fourth-order valence-corrected chi connectivity index (χ4v) is 1.95. The first-order valence-corrected chi connectivity index (χ1v) is 6.74. The topological polar surface area (TPSA) is 103 Å². The fraction of sp³-hybridized carbons (Fsp3) is 0.308. The van der Waals surface area contributed by atoms with E-state index in [1.165, 1.54) is 7.11 Å². The zero-order chi connectivity index (χ0) is 15.9. The van der Waals surface area contributed by atoms with Crippen LogP contribution in [0.1, 0.15) is 5.56 Å². The lowest BCUT2D eigenvalue weighted by Gasteiger charge is -2.20. The van der Waals surface area contributed by atoms with Crippen molar-refractivity contribution in [3.05, 3.63) is 29.0 Å². The van der Waals surface area contributed by atoms with Crippen molar-refractivity contribution in [3.63, 3.8) is 0 Å². The molecule has 1 aromatic heterocycles. The van der Waals surface area contributed by atoms with Gasteiger partial charge in [-0.3, -0.25) is 15.1 Å². The Morgan fingerprint density at radius 2 is 2.45 bits per heavy atom. The average molecular weight is 321 g/mol. The van der Waals surface area contributed by atoms with Crippen molar-refractivity contribution in [1.29, 1.82) is 5.26 Å². The number of nitriles is 1. The van der Waals surface area contributed by atoms with Gasteiger partial charge in [-0.15, -0.1) is 0 Å². The zero-order valence-electron chi connectivity index (χ0n) is 11.8. The molecule has 8 nitrogen and oxygen atoms in total. The second-order valence-corrected chi connectivity index (χ2v) is 4.69. The van der Waals surface area contributed by atoms with Crippen molar-refractivity contribution in [2.45, 2.75) is 6.54 Å². The van der Waals surface area contributed by atoms with Crippen molar-refractivity contribution in [3.8, 4) is 6.07 Å². The van der Waals surface area contributed by atoms with Gasteiger partial charge in [0, 0.05) is 19.3 Å². The summed E-state index contributed by atoms with van der Waals surface area (Å²) in [7, 11) is 1.26. The van der Waals surface area contributed by atoms with Crippen LogP contribution in [0.3, 0.4) is 0 Å². The summed E-state index contributed by atoms with van der Waals surface area (Å²) in [5.41, 5.74) is 0.560. The van der Waals surface area contributed by atoms with E-state index in [1.54, 1.807) is 18.3 Å². The molecule has 1 amide bonds. The summed E-state index contributed by atoms with van der Waals surface area (Å²) < 4.78 is 0. The molecular weight excluding hydrogens is 308 g/mol. The normalized spacial score (nSPS) is 14.3. The van der Waals surface area contributed by atoms with Crippen LogP contribution in [0.15, 0.2) is 28.5 Å². The molecule has 2 heterocycles. The number of amides is 1. The maximum Gasteiger partial charge on any atom is 0.290 e. The lowest BCUT2D eigenvalue weighted by Crippen LogP contribution is -2.43. The summed E-state index contributed by atoms with van der Waals surface area (Å²) >= 11 is 5.75. The van der Waals surface area contributed by atoms with E-state index in [2.05, 4.69) is 25.3 Å². The van der Waals surface area contributed by atoms with Crippen LogP contribution in [0, 0.1) is 11.3 Å². The van der Waals surface area contributed by atoms with Gasteiger partial charge in [-0.05, 0) is 11.6 Å². The van der Waals surface area contributed by atoms with Crippen LogP contribution in [0.25, 0.3) is 0 Å². The Morgan fingerprint density at radius 3 is 3.09 bits per heavy atom. The SMILES string of the molecule is CO/N=C(\C#N)C(=O)NC1=NCCN1Cc1ccc(Cl)nc1. The molecule has 0 atom stereocenters. The molecule has 1 aromatic rings. The van der Waals surface area contributed by atoms with Crippen LogP contribution in [0.5, 0.6) is 0 Å². The highest BCUT2D eigenvalue weighted by Gasteiger charge is 2.22. The summed E-state index contributed by atoms with van der Waals surface area (Å²) in [6.45, 7) is 1.73. The highest BCUT2D eigenvalue weighted by molar-refractivity contribution is 6.47. The fourth-order valence-electron chi connectivity index (χ4n) is 1.84. The maximum absolute atomic E-state index is 11.9. The Bertz CT molecular complexity index is 649. The van der Waals surface area contributed by atoms with Crippen LogP contribution in [0.4, 0.5) is 0 Å². The number of guanidine groups is 1. The van der Waals surface area contributed by atoms with Gasteiger partial charge >= 0.3 is 0 Å². The lowest BCUT2D eigenvalue weighted by molar-refractivity contribution is -0.113. The number of aromatic nitrogens is 1. The molecule has 1 aliphatic rings. The van der Waals surface area contributed by atoms with Crippen molar-refractivity contribution >= 4 is 29.2 Å². The van der Waals surface area contributed by atoms with Gasteiger partial charge in [0.2, 0.25) is 11.7 Å². The molecule has 1 aliphatic heterocycles. The minimum Gasteiger partial charge on any atom is -0.398 e. The molecule has 0 spiro atoms. The van der Waals surface area contributed by atoms with E-state index in [-0.39, 0.29) is 5.71 Å². The molecule has 0 unspecified atom stereocenters. The molecule has 1 N–H and O–H groups in total. The van der Waals surface area contributed by atoms with Gasteiger partial charge in [0.05, 0.1) is 6.54 Å². The molecule has 0 saturated heterocycles. The van der Waals surface area contributed by atoms with Crippen LogP contribution in [0.2, 0.25) is 5.15 Å². The quantitative estimate of drug-likeness (QED) is 0.495. The molecule has 0 saturated carbocycles. The molecule has 0 radical (unpaired) electrons. The van der Waals surface area contributed by atoms with Crippen LogP contribution in [-0.4, -0.2) is 47.7 Å². The minimum atomic E-state index is -0.663. The van der Waals surface area contributed by atoms with Crippen LogP contribution < -0.4 is 5.32 Å². The number of carbonyl (C=O) groups excluding carboxylic acids is 1. The first kappa shape index (κ1) is 15.7. The van der Waals surface area contributed by atoms with Gasteiger partial charge in [0.25, 0.3) is 5.91 Å². The molecular formula is C13H13ClN6O2. The maximum atomic E-state index is 11.9. The third kappa shape index (κ3) is 3.93. The first-order valence-electron chi connectivity index (χ1n) is 6.36. The van der Waals surface area contributed by atoms with E-state index >= 15 is 0 Å². The van der Waals surface area contributed by atoms with Crippen molar-refractivity contribution in [2.24, 2.45) is 10.1 Å². The number of hydrogen-bond acceptors (Lipinski definition) is 7. The van der Waals surface area contributed by atoms with Crippen LogP contribution >= 0.6 is 11.6 Å². The van der Waals surface area contributed by atoms with Gasteiger partial charge in [0.1, 0.15) is 18.3 Å². The molecule has 114 valence electrons. The van der Waals surface area contributed by atoms with Gasteiger partial charge in [-0.2, -0.15) is 5.26 Å². The molecule has 0 fully saturated rings. The number of halogens is 1. The summed E-state index contributed by atoms with van der Waals surface area (Å²) in [6.07, 6.45) is 1.66. The van der Waals surface area contributed by atoms with Gasteiger partial charge in [-0.1, -0.05) is 22.8 Å². The summed E-state index contributed by atoms with van der Waals surface area (Å²) in [5, 5.41) is 15.2. The Kier molecular flexibility index (Phi) is 5.27. The van der Waals surface area contributed by atoms with E-state index in [4.69, 9.17) is 16.9 Å². The smallest absolute Gasteiger partial charge is 0.290 e. The molecule has 22 heavy (non-hydrogen) atoms. The summed E-state index contributed by atoms with van der Waals surface area (Å²) in [6, 6.07) is 5.21. The number of carbonyl (C=O) groups is 1. The second-order valence-electron chi connectivity index (χ2n) is 4.30. The number of oxime groups is 1. The first-order chi connectivity index (χ1) is 10.6. The molecule has 0 aliphatic carbocycles. The predicted molar refractivity (Wildman–Crippen MR) is 80.2 cm³/mol. The highest BCUT2D eigenvalue weighted by Crippen LogP contribution is 2.10. The van der Waals surface area contributed by atoms with E-state index in [0.717, 1.165) is 5.56 Å². The predicted octanol–water partition coefficient (Wildman–Crippen LogP) is 0.549. The lowest BCUT2D eigenvalue weighted by atomic mass is 10.2. The largest absolute Gasteiger partial charge is 0.398 e. The van der Waals surface area contributed by atoms with Crippen molar-refractivity contribution in [2.75, 3.05) is 20.2 Å². The van der Waals surface area contributed by atoms with Gasteiger partial charge in [0.15, 0.2) is 0 Å². The number of pyridine rings is 1. The van der Waals surface area contributed by atoms with E-state index in [1.807, 2.05) is 11.0 Å². The minimum absolute atomic E-state index is 0.370. The van der Waals surface area contributed by atoms with Gasteiger partial charge in [-0.25, -0.2) is 4.98 Å². The molecule has 2 rings (SSSR count). The van der Waals surface area contributed by atoms with Crippen LogP contribution in [-0.2, 0) is 16.2 Å². The van der Waals surface area contributed by atoms with Crippen molar-refractivity contribution < 1.29 is 9.63 Å². The Morgan fingerprint density at radius 1 is 1.64 bits per heavy atom. The van der Waals surface area contributed by atoms with Gasteiger partial charge < -0.3 is 9.74 Å². The summed E-state index contributed by atoms with van der Waals surface area (Å²) in [4.78, 5) is 26.4. The number of nitrogens with zero attached hydrogens (tertiary/aromatic N) is 5. The Balaban J connectivity index is 2.02. The second kappa shape index (κ2) is 7.38. The Labute approximate surface area is 132 Å². The van der Waals surface area contributed by atoms with E-state index < -0.39 is 5.91 Å². The Hall–Kier alpha value is -2.66. The number of rotatable bonds is 4. The molecule has 9 heteroatoms. The zero-order valence-corrected chi connectivity index (χ0v) is 12.5. The highest BCUT2D eigenvalue weighted by atomic mass is 35.5. The molecule has 0 bridgehead atoms. The third-order valence-electron chi connectivity index (χ3n) is 2.82.